The third-order valence-corrected chi connectivity index (χ3v) is 5.61. The molecule has 0 bridgehead atoms. The number of pyridine rings is 2. The van der Waals surface area contributed by atoms with Gasteiger partial charge in [-0.25, -0.2) is 4.39 Å². The highest BCUT2D eigenvalue weighted by Crippen LogP contribution is 2.48. The number of halogens is 1. The van der Waals surface area contributed by atoms with E-state index >= 15 is 4.39 Å². The van der Waals surface area contributed by atoms with Crippen LogP contribution in [0.25, 0.3) is 0 Å². The molecule has 4 rings (SSSR count). The molecule has 0 N–H and O–H groups in total. The monoisotopic (exact) mass is 353 g/mol. The summed E-state index contributed by atoms with van der Waals surface area (Å²) in [5.74, 6) is 0. The van der Waals surface area contributed by atoms with Gasteiger partial charge in [0.15, 0.2) is 5.67 Å². The van der Waals surface area contributed by atoms with Crippen LogP contribution in [0.5, 0.6) is 0 Å². The van der Waals surface area contributed by atoms with Gasteiger partial charge in [0.25, 0.3) is 0 Å². The fourth-order valence-electron chi connectivity index (χ4n) is 3.76. The molecule has 0 aliphatic carbocycles. The Kier molecular flexibility index (Phi) is 4.59. The summed E-state index contributed by atoms with van der Waals surface area (Å²) in [4.78, 5) is 10.6. The molecule has 5 heteroatoms. The van der Waals surface area contributed by atoms with E-state index in [1.54, 1.807) is 48.3 Å². The highest BCUT2D eigenvalue weighted by molar-refractivity contribution is 7.08. The van der Waals surface area contributed by atoms with Crippen LogP contribution in [0.2, 0.25) is 0 Å². The Labute approximate surface area is 151 Å². The summed E-state index contributed by atoms with van der Waals surface area (Å²) in [6.07, 6.45) is 8.86. The van der Waals surface area contributed by atoms with Crippen LogP contribution >= 0.6 is 11.3 Å². The molecule has 3 aromatic rings. The number of rotatable bonds is 5. The van der Waals surface area contributed by atoms with E-state index in [2.05, 4.69) is 20.2 Å². The molecular weight excluding hydrogens is 333 g/mol. The fraction of sp³-hybridized carbons (Fsp3) is 0.300. The van der Waals surface area contributed by atoms with E-state index in [0.29, 0.717) is 11.1 Å². The van der Waals surface area contributed by atoms with Gasteiger partial charge in [0, 0.05) is 35.9 Å². The van der Waals surface area contributed by atoms with Crippen molar-refractivity contribution in [3.8, 4) is 0 Å². The van der Waals surface area contributed by atoms with Crippen molar-refractivity contribution in [3.63, 3.8) is 0 Å². The first-order valence-electron chi connectivity index (χ1n) is 8.56. The minimum Gasteiger partial charge on any atom is -0.293 e. The summed E-state index contributed by atoms with van der Waals surface area (Å²) in [6, 6.07) is 8.91. The predicted molar refractivity (Wildman–Crippen MR) is 98.2 cm³/mol. The molecule has 0 saturated carbocycles. The van der Waals surface area contributed by atoms with Crippen LogP contribution in [-0.4, -0.2) is 28.0 Å². The zero-order valence-corrected chi connectivity index (χ0v) is 14.7. The van der Waals surface area contributed by atoms with Crippen molar-refractivity contribution in [2.75, 3.05) is 13.1 Å². The molecule has 3 aromatic heterocycles. The molecule has 1 unspecified atom stereocenters. The Bertz CT molecular complexity index is 747. The summed E-state index contributed by atoms with van der Waals surface area (Å²) in [6.45, 7) is 1.82. The van der Waals surface area contributed by atoms with Crippen molar-refractivity contribution in [2.24, 2.45) is 0 Å². The second-order valence-electron chi connectivity index (χ2n) is 6.40. The first kappa shape index (κ1) is 16.4. The minimum atomic E-state index is -1.70. The Morgan fingerprint density at radius 1 is 1.00 bits per heavy atom. The zero-order chi connectivity index (χ0) is 17.1. The maximum atomic E-state index is 17.0. The van der Waals surface area contributed by atoms with Gasteiger partial charge in [-0.15, -0.1) is 0 Å². The van der Waals surface area contributed by atoms with E-state index in [4.69, 9.17) is 0 Å². The number of alkyl halides is 1. The number of hydrogen-bond donors (Lipinski definition) is 0. The van der Waals surface area contributed by atoms with Crippen LogP contribution in [0, 0.1) is 0 Å². The molecule has 1 aliphatic heterocycles. The van der Waals surface area contributed by atoms with Gasteiger partial charge in [-0.2, -0.15) is 11.3 Å². The topological polar surface area (TPSA) is 29.0 Å². The Morgan fingerprint density at radius 3 is 2.12 bits per heavy atom. The van der Waals surface area contributed by atoms with Gasteiger partial charge in [-0.1, -0.05) is 12.1 Å². The average molecular weight is 353 g/mol. The number of likely N-dealkylation sites (tertiary alicyclic amines) is 1. The standard InChI is InChI=1S/C20H20FN3S/c21-20(17-5-3-8-22-13-17,18-6-4-9-23-14-18)19(16-7-12-25-15-16)24-10-1-2-11-24/h3-9,12-15,19H,1-2,10-11H2. The molecule has 1 fully saturated rings. The van der Waals surface area contributed by atoms with Crippen LogP contribution in [-0.2, 0) is 5.67 Å². The second kappa shape index (κ2) is 7.02. The lowest BCUT2D eigenvalue weighted by Crippen LogP contribution is -2.41. The van der Waals surface area contributed by atoms with E-state index < -0.39 is 5.67 Å². The van der Waals surface area contributed by atoms with Gasteiger partial charge in [0.1, 0.15) is 0 Å². The van der Waals surface area contributed by atoms with Gasteiger partial charge in [-0.05, 0) is 60.5 Å². The lowest BCUT2D eigenvalue weighted by atomic mass is 9.80. The summed E-state index contributed by atoms with van der Waals surface area (Å²) < 4.78 is 17.0. The van der Waals surface area contributed by atoms with E-state index in [-0.39, 0.29) is 6.04 Å². The van der Waals surface area contributed by atoms with Crippen molar-refractivity contribution < 1.29 is 4.39 Å². The molecule has 0 aromatic carbocycles. The number of thiophene rings is 1. The summed E-state index contributed by atoms with van der Waals surface area (Å²) >= 11 is 1.61. The van der Waals surface area contributed by atoms with Crippen molar-refractivity contribution in [3.05, 3.63) is 82.6 Å². The molecule has 4 heterocycles. The molecule has 1 saturated heterocycles. The quantitative estimate of drug-likeness (QED) is 0.672. The van der Waals surface area contributed by atoms with E-state index in [0.717, 1.165) is 31.5 Å². The Balaban J connectivity index is 1.91. The molecule has 25 heavy (non-hydrogen) atoms. The normalized spacial score (nSPS) is 16.8. The molecule has 128 valence electrons. The summed E-state index contributed by atoms with van der Waals surface area (Å²) in [5, 5.41) is 4.08. The van der Waals surface area contributed by atoms with Gasteiger partial charge < -0.3 is 0 Å². The highest BCUT2D eigenvalue weighted by Gasteiger charge is 2.47. The minimum absolute atomic E-state index is 0.380. The average Bonchev–Trinajstić information content (AvgIpc) is 3.38. The molecule has 1 atom stereocenters. The molecule has 0 spiro atoms. The van der Waals surface area contributed by atoms with Gasteiger partial charge in [-0.3, -0.25) is 14.9 Å². The first-order valence-corrected chi connectivity index (χ1v) is 9.50. The maximum absolute atomic E-state index is 17.0. The summed E-state index contributed by atoms with van der Waals surface area (Å²) in [7, 11) is 0. The smallest absolute Gasteiger partial charge is 0.183 e. The maximum Gasteiger partial charge on any atom is 0.183 e. The highest BCUT2D eigenvalue weighted by atomic mass is 32.1. The zero-order valence-electron chi connectivity index (χ0n) is 13.9. The van der Waals surface area contributed by atoms with Gasteiger partial charge >= 0.3 is 0 Å². The van der Waals surface area contributed by atoms with E-state index in [1.165, 1.54) is 0 Å². The van der Waals surface area contributed by atoms with Crippen LogP contribution in [0.15, 0.2) is 65.9 Å². The fourth-order valence-corrected chi connectivity index (χ4v) is 4.44. The van der Waals surface area contributed by atoms with Crippen molar-refractivity contribution in [1.29, 1.82) is 0 Å². The molecule has 3 nitrogen and oxygen atoms in total. The number of aromatic nitrogens is 2. The van der Waals surface area contributed by atoms with Crippen molar-refractivity contribution >= 4 is 11.3 Å². The predicted octanol–water partition coefficient (Wildman–Crippen LogP) is 4.59. The number of hydrogen-bond acceptors (Lipinski definition) is 4. The largest absolute Gasteiger partial charge is 0.293 e. The molecule has 0 amide bonds. The molecule has 0 radical (unpaired) electrons. The van der Waals surface area contributed by atoms with Crippen LogP contribution in [0.1, 0.15) is 35.6 Å². The first-order chi connectivity index (χ1) is 12.3. The summed E-state index contributed by atoms with van der Waals surface area (Å²) in [5.41, 5.74) is 0.466. The van der Waals surface area contributed by atoms with Crippen LogP contribution in [0.3, 0.4) is 0 Å². The second-order valence-corrected chi connectivity index (χ2v) is 7.18. The van der Waals surface area contributed by atoms with Gasteiger partial charge in [0.05, 0.1) is 6.04 Å². The molecule has 1 aliphatic rings. The third kappa shape index (κ3) is 2.98. The third-order valence-electron chi connectivity index (χ3n) is 4.90. The Morgan fingerprint density at radius 2 is 1.64 bits per heavy atom. The van der Waals surface area contributed by atoms with Crippen LogP contribution in [0.4, 0.5) is 4.39 Å². The molecular formula is C20H20FN3S. The van der Waals surface area contributed by atoms with Crippen molar-refractivity contribution in [2.45, 2.75) is 24.6 Å². The lowest BCUT2D eigenvalue weighted by Gasteiger charge is -2.39. The number of nitrogens with zero attached hydrogens (tertiary/aromatic N) is 3. The van der Waals surface area contributed by atoms with E-state index in [9.17, 15) is 0 Å². The Hall–Kier alpha value is -2.11. The lowest BCUT2D eigenvalue weighted by molar-refractivity contribution is 0.0647. The van der Waals surface area contributed by atoms with Crippen molar-refractivity contribution in [1.82, 2.24) is 14.9 Å². The van der Waals surface area contributed by atoms with E-state index in [1.807, 2.05) is 23.6 Å². The van der Waals surface area contributed by atoms with Gasteiger partial charge in [0.2, 0.25) is 0 Å². The van der Waals surface area contributed by atoms with Crippen LogP contribution < -0.4 is 0 Å². The SMILES string of the molecule is FC(c1cccnc1)(c1cccnc1)C(c1ccsc1)N1CCCC1.